The van der Waals surface area contributed by atoms with Crippen LogP contribution < -0.4 is 0 Å². The zero-order valence-electron chi connectivity index (χ0n) is 12.0. The molecular formula is C13H21NO5. The van der Waals surface area contributed by atoms with Crippen molar-refractivity contribution >= 4 is 18.3 Å². The van der Waals surface area contributed by atoms with E-state index in [4.69, 9.17) is 4.74 Å². The van der Waals surface area contributed by atoms with E-state index in [0.717, 1.165) is 0 Å². The third kappa shape index (κ3) is 3.45. The summed E-state index contributed by atoms with van der Waals surface area (Å²) in [6.45, 7) is 7.01. The maximum atomic E-state index is 12.1. The number of esters is 1. The molecule has 1 rings (SSSR count). The molecule has 19 heavy (non-hydrogen) atoms. The molecule has 1 amide bonds. The lowest BCUT2D eigenvalue weighted by Crippen LogP contribution is -2.48. The van der Waals surface area contributed by atoms with Gasteiger partial charge in [-0.05, 0) is 33.1 Å². The van der Waals surface area contributed by atoms with E-state index in [1.54, 1.807) is 20.8 Å². The molecule has 0 saturated carbocycles. The van der Waals surface area contributed by atoms with Gasteiger partial charge in [0.2, 0.25) is 0 Å². The van der Waals surface area contributed by atoms with Crippen LogP contribution in [0.3, 0.4) is 0 Å². The average Bonchev–Trinajstić information content (AvgIpc) is 2.62. The highest BCUT2D eigenvalue weighted by molar-refractivity contribution is 5.85. The summed E-state index contributed by atoms with van der Waals surface area (Å²) in [6.07, 6.45) is 0.414. The second-order valence-corrected chi connectivity index (χ2v) is 5.77. The van der Waals surface area contributed by atoms with Gasteiger partial charge in [-0.3, -0.25) is 4.90 Å². The van der Waals surface area contributed by atoms with Gasteiger partial charge in [0.25, 0.3) is 0 Å². The van der Waals surface area contributed by atoms with E-state index in [1.165, 1.54) is 12.0 Å². The van der Waals surface area contributed by atoms with Crippen molar-refractivity contribution in [3.05, 3.63) is 0 Å². The molecule has 1 aliphatic rings. The number of rotatable bonds is 2. The van der Waals surface area contributed by atoms with Gasteiger partial charge in [0.15, 0.2) is 0 Å². The molecule has 0 aliphatic carbocycles. The van der Waals surface area contributed by atoms with Crippen LogP contribution in [0.4, 0.5) is 4.79 Å². The van der Waals surface area contributed by atoms with Crippen LogP contribution in [0.5, 0.6) is 0 Å². The fraction of sp³-hybridized carbons (Fsp3) is 0.769. The van der Waals surface area contributed by atoms with Crippen LogP contribution in [-0.2, 0) is 19.1 Å². The highest BCUT2D eigenvalue weighted by Gasteiger charge is 2.47. The Balaban J connectivity index is 2.98. The van der Waals surface area contributed by atoms with Gasteiger partial charge in [0.1, 0.15) is 17.9 Å². The molecule has 0 N–H and O–H groups in total. The fourth-order valence-electron chi connectivity index (χ4n) is 2.20. The minimum atomic E-state index is -0.759. The Morgan fingerprint density at radius 1 is 1.32 bits per heavy atom. The molecule has 0 spiro atoms. The van der Waals surface area contributed by atoms with Crippen LogP contribution in [-0.4, -0.2) is 48.0 Å². The first-order valence-electron chi connectivity index (χ1n) is 6.25. The van der Waals surface area contributed by atoms with Crippen LogP contribution >= 0.6 is 0 Å². The van der Waals surface area contributed by atoms with Crippen molar-refractivity contribution in [3.8, 4) is 0 Å². The standard InChI is InChI=1S/C13H21NO5/c1-8-6-9(11(16)18-5)14(10(8)7-15)12(17)19-13(2,3)4/h7-10H,6H2,1-5H3/t8-,9-,10-/m1/s1. The van der Waals surface area contributed by atoms with E-state index in [9.17, 15) is 14.4 Å². The number of aldehydes is 1. The number of methoxy groups -OCH3 is 1. The van der Waals surface area contributed by atoms with Crippen molar-refractivity contribution in [3.63, 3.8) is 0 Å². The Bertz CT molecular complexity index is 374. The van der Waals surface area contributed by atoms with Crippen molar-refractivity contribution in [2.45, 2.75) is 51.8 Å². The molecule has 0 aromatic heterocycles. The monoisotopic (exact) mass is 271 g/mol. The molecule has 0 aromatic carbocycles. The number of nitrogens with zero attached hydrogens (tertiary/aromatic N) is 1. The average molecular weight is 271 g/mol. The lowest BCUT2D eigenvalue weighted by atomic mass is 10.0. The zero-order valence-corrected chi connectivity index (χ0v) is 12.0. The molecule has 0 unspecified atom stereocenters. The summed E-state index contributed by atoms with van der Waals surface area (Å²) in [4.78, 5) is 36.2. The Kier molecular flexibility index (Phi) is 4.55. The Morgan fingerprint density at radius 2 is 1.89 bits per heavy atom. The summed E-state index contributed by atoms with van der Waals surface area (Å²) in [5, 5.41) is 0. The topological polar surface area (TPSA) is 72.9 Å². The molecular weight excluding hydrogens is 250 g/mol. The van der Waals surface area contributed by atoms with Crippen molar-refractivity contribution < 1.29 is 23.9 Å². The SMILES string of the molecule is COC(=O)[C@H]1C[C@@H](C)[C@@H](C=O)N1C(=O)OC(C)(C)C. The van der Waals surface area contributed by atoms with Gasteiger partial charge >= 0.3 is 12.1 Å². The van der Waals surface area contributed by atoms with Crippen LogP contribution in [0.25, 0.3) is 0 Å². The van der Waals surface area contributed by atoms with Crippen LogP contribution in [0, 0.1) is 5.92 Å². The molecule has 6 nitrogen and oxygen atoms in total. The lowest BCUT2D eigenvalue weighted by molar-refractivity contribution is -0.146. The largest absolute Gasteiger partial charge is 0.467 e. The van der Waals surface area contributed by atoms with Gasteiger partial charge in [-0.1, -0.05) is 6.92 Å². The van der Waals surface area contributed by atoms with E-state index < -0.39 is 29.7 Å². The van der Waals surface area contributed by atoms with Crippen LogP contribution in [0.1, 0.15) is 34.1 Å². The lowest BCUT2D eigenvalue weighted by Gasteiger charge is -2.29. The smallest absolute Gasteiger partial charge is 0.411 e. The highest BCUT2D eigenvalue weighted by Crippen LogP contribution is 2.31. The summed E-state index contributed by atoms with van der Waals surface area (Å²) >= 11 is 0. The summed E-state index contributed by atoms with van der Waals surface area (Å²) in [6, 6.07) is -1.41. The van der Waals surface area contributed by atoms with Gasteiger partial charge in [-0.25, -0.2) is 9.59 Å². The predicted molar refractivity (Wildman–Crippen MR) is 67.5 cm³/mol. The first-order valence-corrected chi connectivity index (χ1v) is 6.25. The molecule has 0 bridgehead atoms. The highest BCUT2D eigenvalue weighted by atomic mass is 16.6. The second kappa shape index (κ2) is 5.59. The third-order valence-electron chi connectivity index (χ3n) is 3.05. The first-order chi connectivity index (χ1) is 8.71. The number of carbonyl (C=O) groups excluding carboxylic acids is 3. The van der Waals surface area contributed by atoms with Crippen LogP contribution in [0.15, 0.2) is 0 Å². The van der Waals surface area contributed by atoms with Gasteiger partial charge in [0, 0.05) is 0 Å². The van der Waals surface area contributed by atoms with Crippen molar-refractivity contribution in [2.75, 3.05) is 7.11 Å². The number of hydrogen-bond acceptors (Lipinski definition) is 5. The third-order valence-corrected chi connectivity index (χ3v) is 3.05. The Labute approximate surface area is 113 Å². The van der Waals surface area contributed by atoms with E-state index in [0.29, 0.717) is 12.7 Å². The fourth-order valence-corrected chi connectivity index (χ4v) is 2.20. The molecule has 1 aliphatic heterocycles. The Hall–Kier alpha value is -1.59. The zero-order chi connectivity index (χ0) is 14.8. The van der Waals surface area contributed by atoms with E-state index >= 15 is 0 Å². The second-order valence-electron chi connectivity index (χ2n) is 5.77. The summed E-state index contributed by atoms with van der Waals surface area (Å²) < 4.78 is 9.93. The van der Waals surface area contributed by atoms with Gasteiger partial charge in [-0.2, -0.15) is 0 Å². The quantitative estimate of drug-likeness (QED) is 0.560. The maximum absolute atomic E-state index is 12.1. The summed E-state index contributed by atoms with van der Waals surface area (Å²) in [5.74, 6) is -0.629. The minimum Gasteiger partial charge on any atom is -0.467 e. The number of carbonyl (C=O) groups is 3. The molecule has 1 heterocycles. The molecule has 0 radical (unpaired) electrons. The summed E-state index contributed by atoms with van der Waals surface area (Å²) in [5.41, 5.74) is -0.684. The van der Waals surface area contributed by atoms with Gasteiger partial charge in [-0.15, -0.1) is 0 Å². The molecule has 108 valence electrons. The minimum absolute atomic E-state index is 0.103. The van der Waals surface area contributed by atoms with Gasteiger partial charge < -0.3 is 14.3 Å². The maximum Gasteiger partial charge on any atom is 0.411 e. The van der Waals surface area contributed by atoms with E-state index in [1.807, 2.05) is 6.92 Å². The van der Waals surface area contributed by atoms with Crippen LogP contribution in [0.2, 0.25) is 0 Å². The van der Waals surface area contributed by atoms with E-state index in [-0.39, 0.29) is 5.92 Å². The predicted octanol–water partition coefficient (Wildman–Crippen LogP) is 1.37. The molecule has 1 fully saturated rings. The molecule has 0 aromatic rings. The van der Waals surface area contributed by atoms with Crippen molar-refractivity contribution in [1.29, 1.82) is 0 Å². The van der Waals surface area contributed by atoms with Crippen molar-refractivity contribution in [2.24, 2.45) is 5.92 Å². The molecule has 3 atom stereocenters. The molecule has 1 saturated heterocycles. The Morgan fingerprint density at radius 3 is 2.32 bits per heavy atom. The number of ether oxygens (including phenoxy) is 2. The van der Waals surface area contributed by atoms with Gasteiger partial charge in [0.05, 0.1) is 13.2 Å². The molecule has 6 heteroatoms. The van der Waals surface area contributed by atoms with E-state index in [2.05, 4.69) is 4.74 Å². The van der Waals surface area contributed by atoms with Crippen molar-refractivity contribution in [1.82, 2.24) is 4.90 Å². The first kappa shape index (κ1) is 15.5. The number of hydrogen-bond donors (Lipinski definition) is 0. The number of amides is 1. The summed E-state index contributed by atoms with van der Waals surface area (Å²) in [7, 11) is 1.26. The number of likely N-dealkylation sites (tertiary alicyclic amines) is 1. The normalized spacial score (nSPS) is 27.0.